The van der Waals surface area contributed by atoms with Crippen LogP contribution >= 0.6 is 0 Å². The lowest BCUT2D eigenvalue weighted by atomic mass is 10.0. The molecule has 0 aromatic carbocycles. The van der Waals surface area contributed by atoms with Crippen LogP contribution in [-0.2, 0) is 14.3 Å². The number of ether oxygens (including phenoxy) is 1. The average molecular weight is 1080 g/mol. The minimum Gasteiger partial charge on any atom is -0.466 e. The summed E-state index contributed by atoms with van der Waals surface area (Å²) in [6.07, 6.45) is 84.7. The third-order valence-corrected chi connectivity index (χ3v) is 16.2. The number of nitrogens with one attached hydrogen (secondary N) is 1. The van der Waals surface area contributed by atoms with Gasteiger partial charge in [-0.3, -0.25) is 9.59 Å². The van der Waals surface area contributed by atoms with Crippen molar-refractivity contribution in [2.24, 2.45) is 0 Å². The fraction of sp³-hybridized carbons (Fsp3) is 0.887. The first-order valence-corrected chi connectivity index (χ1v) is 34.7. The highest BCUT2D eigenvalue weighted by Crippen LogP contribution is 2.18. The standard InChI is InChI=1S/C71H135NO5/c1-3-5-7-9-11-13-15-17-19-21-29-33-37-41-45-49-53-57-61-65-71(76)77-66-62-58-54-50-46-42-38-34-31-28-26-24-22-23-25-27-30-32-36-40-44-48-52-56-60-64-70(75)72-68(67-73)69(74)63-59-55-51-47-43-39-35-20-18-16-14-12-10-8-6-4-2/h11,13,17,19,23,25,68-69,73-74H,3-10,12,14-16,18,20-22,24,26-67H2,1-2H3,(H,72,75)/b13-11-,19-17-,25-23-. The number of carbonyl (C=O) groups excluding carboxylic acids is 2. The number of unbranched alkanes of at least 4 members (excludes halogenated alkanes) is 48. The molecule has 77 heavy (non-hydrogen) atoms. The maximum atomic E-state index is 12.5. The van der Waals surface area contributed by atoms with Crippen LogP contribution in [0.5, 0.6) is 0 Å². The lowest BCUT2D eigenvalue weighted by molar-refractivity contribution is -0.143. The van der Waals surface area contributed by atoms with E-state index in [2.05, 4.69) is 55.6 Å². The number of amides is 1. The Morgan fingerprint density at radius 1 is 0.364 bits per heavy atom. The average Bonchev–Trinajstić information content (AvgIpc) is 3.43. The number of allylic oxidation sites excluding steroid dienone is 6. The van der Waals surface area contributed by atoms with Gasteiger partial charge in [0.05, 0.1) is 25.4 Å². The van der Waals surface area contributed by atoms with Gasteiger partial charge in [-0.05, 0) is 83.5 Å². The molecule has 0 aromatic rings. The maximum absolute atomic E-state index is 12.5. The molecule has 0 spiro atoms. The molecular formula is C71H135NO5. The number of carbonyl (C=O) groups is 2. The Hall–Kier alpha value is -1.92. The van der Waals surface area contributed by atoms with E-state index in [4.69, 9.17) is 4.74 Å². The Labute approximate surface area is 481 Å². The van der Waals surface area contributed by atoms with Gasteiger partial charge >= 0.3 is 5.97 Å². The number of rotatable bonds is 65. The molecule has 0 fully saturated rings. The SMILES string of the molecule is CCCCC/C=C\C/C=C\CCCCCCCCCCCC(=O)OCCCCCCCCCCCCCC/C=C\CCCCCCCCCCCC(=O)NC(CO)C(O)CCCCCCCCCCCCCCCCCC. The van der Waals surface area contributed by atoms with Crippen LogP contribution in [0, 0.1) is 0 Å². The van der Waals surface area contributed by atoms with Gasteiger partial charge in [-0.1, -0.05) is 320 Å². The molecule has 0 aliphatic carbocycles. The van der Waals surface area contributed by atoms with Crippen LogP contribution in [0.1, 0.15) is 380 Å². The highest BCUT2D eigenvalue weighted by Gasteiger charge is 2.20. The molecule has 0 heterocycles. The van der Waals surface area contributed by atoms with Crippen LogP contribution < -0.4 is 5.32 Å². The van der Waals surface area contributed by atoms with Gasteiger partial charge in [-0.2, -0.15) is 0 Å². The summed E-state index contributed by atoms with van der Waals surface area (Å²) >= 11 is 0. The van der Waals surface area contributed by atoms with E-state index >= 15 is 0 Å². The lowest BCUT2D eigenvalue weighted by Crippen LogP contribution is -2.45. The minimum absolute atomic E-state index is 0.0102. The molecule has 3 N–H and O–H groups in total. The molecule has 6 nitrogen and oxygen atoms in total. The topological polar surface area (TPSA) is 95.9 Å². The predicted octanol–water partition coefficient (Wildman–Crippen LogP) is 22.3. The zero-order valence-electron chi connectivity index (χ0n) is 52.0. The zero-order chi connectivity index (χ0) is 55.7. The molecule has 0 radical (unpaired) electrons. The Bertz CT molecular complexity index is 1250. The second kappa shape index (κ2) is 66.6. The summed E-state index contributed by atoms with van der Waals surface area (Å²) in [7, 11) is 0. The summed E-state index contributed by atoms with van der Waals surface area (Å²) in [5, 5.41) is 23.3. The summed E-state index contributed by atoms with van der Waals surface area (Å²) < 4.78 is 5.50. The molecule has 0 aliphatic heterocycles. The van der Waals surface area contributed by atoms with Crippen molar-refractivity contribution in [2.75, 3.05) is 13.2 Å². The third kappa shape index (κ3) is 63.1. The number of aliphatic hydroxyl groups is 2. The van der Waals surface area contributed by atoms with E-state index in [0.29, 0.717) is 25.9 Å². The van der Waals surface area contributed by atoms with Crippen LogP contribution in [-0.4, -0.2) is 47.4 Å². The zero-order valence-corrected chi connectivity index (χ0v) is 52.0. The van der Waals surface area contributed by atoms with E-state index in [9.17, 15) is 19.8 Å². The quantitative estimate of drug-likeness (QED) is 0.0320. The van der Waals surface area contributed by atoms with Crippen molar-refractivity contribution >= 4 is 11.9 Å². The van der Waals surface area contributed by atoms with Crippen molar-refractivity contribution in [1.82, 2.24) is 5.32 Å². The van der Waals surface area contributed by atoms with Gasteiger partial charge in [-0.25, -0.2) is 0 Å². The molecule has 0 saturated carbocycles. The van der Waals surface area contributed by atoms with Gasteiger partial charge in [0.25, 0.3) is 0 Å². The molecule has 0 aliphatic rings. The van der Waals surface area contributed by atoms with E-state index < -0.39 is 12.1 Å². The molecule has 0 aromatic heterocycles. The Balaban J connectivity index is 3.38. The lowest BCUT2D eigenvalue weighted by Gasteiger charge is -2.22. The Morgan fingerprint density at radius 3 is 1.03 bits per heavy atom. The number of aliphatic hydroxyl groups excluding tert-OH is 2. The van der Waals surface area contributed by atoms with E-state index in [1.807, 2.05) is 0 Å². The van der Waals surface area contributed by atoms with Crippen molar-refractivity contribution < 1.29 is 24.5 Å². The molecular weight excluding hydrogens is 947 g/mol. The highest BCUT2D eigenvalue weighted by molar-refractivity contribution is 5.76. The Morgan fingerprint density at radius 2 is 0.649 bits per heavy atom. The predicted molar refractivity (Wildman–Crippen MR) is 338 cm³/mol. The van der Waals surface area contributed by atoms with Crippen molar-refractivity contribution in [1.29, 1.82) is 0 Å². The smallest absolute Gasteiger partial charge is 0.305 e. The van der Waals surface area contributed by atoms with Crippen molar-refractivity contribution in [3.63, 3.8) is 0 Å². The third-order valence-electron chi connectivity index (χ3n) is 16.2. The molecule has 6 heteroatoms. The summed E-state index contributed by atoms with van der Waals surface area (Å²) in [6.45, 7) is 4.95. The van der Waals surface area contributed by atoms with Gasteiger partial charge < -0.3 is 20.3 Å². The first-order chi connectivity index (χ1) is 38.0. The second-order valence-electron chi connectivity index (χ2n) is 23.9. The van der Waals surface area contributed by atoms with Crippen LogP contribution in [0.4, 0.5) is 0 Å². The molecule has 1 amide bonds. The molecule has 0 rings (SSSR count). The largest absolute Gasteiger partial charge is 0.466 e. The first-order valence-electron chi connectivity index (χ1n) is 34.7. The summed E-state index contributed by atoms with van der Waals surface area (Å²) in [5.41, 5.74) is 0. The maximum Gasteiger partial charge on any atom is 0.305 e. The first kappa shape index (κ1) is 75.1. The fourth-order valence-electron chi connectivity index (χ4n) is 10.8. The van der Waals surface area contributed by atoms with Gasteiger partial charge in [0.1, 0.15) is 0 Å². The van der Waals surface area contributed by atoms with E-state index in [1.54, 1.807) is 0 Å². The number of esters is 1. The van der Waals surface area contributed by atoms with Crippen molar-refractivity contribution in [3.8, 4) is 0 Å². The van der Waals surface area contributed by atoms with Crippen molar-refractivity contribution in [3.05, 3.63) is 36.5 Å². The van der Waals surface area contributed by atoms with Crippen molar-refractivity contribution in [2.45, 2.75) is 392 Å². The van der Waals surface area contributed by atoms with Crippen LogP contribution in [0.25, 0.3) is 0 Å². The van der Waals surface area contributed by atoms with Crippen LogP contribution in [0.15, 0.2) is 36.5 Å². The van der Waals surface area contributed by atoms with Gasteiger partial charge in [0.2, 0.25) is 5.91 Å². The molecule has 454 valence electrons. The highest BCUT2D eigenvalue weighted by atomic mass is 16.5. The Kier molecular flexibility index (Phi) is 64.9. The van der Waals surface area contributed by atoms with E-state index in [-0.39, 0.29) is 18.5 Å². The molecule has 0 saturated heterocycles. The second-order valence-corrected chi connectivity index (χ2v) is 23.9. The van der Waals surface area contributed by atoms with Crippen LogP contribution in [0.2, 0.25) is 0 Å². The molecule has 0 bridgehead atoms. The van der Waals surface area contributed by atoms with E-state index in [0.717, 1.165) is 51.4 Å². The summed E-state index contributed by atoms with van der Waals surface area (Å²) in [4.78, 5) is 24.6. The number of hydrogen-bond donors (Lipinski definition) is 3. The normalized spacial score (nSPS) is 12.7. The summed E-state index contributed by atoms with van der Waals surface area (Å²) in [6, 6.07) is -0.544. The monoisotopic (exact) mass is 1080 g/mol. The fourth-order valence-corrected chi connectivity index (χ4v) is 10.8. The summed E-state index contributed by atoms with van der Waals surface area (Å²) in [5.74, 6) is -0.0254. The van der Waals surface area contributed by atoms with Gasteiger partial charge in [0.15, 0.2) is 0 Å². The van der Waals surface area contributed by atoms with E-state index in [1.165, 1.54) is 295 Å². The van der Waals surface area contributed by atoms with Crippen LogP contribution in [0.3, 0.4) is 0 Å². The minimum atomic E-state index is -0.667. The molecule has 2 atom stereocenters. The van der Waals surface area contributed by atoms with Gasteiger partial charge in [-0.15, -0.1) is 0 Å². The van der Waals surface area contributed by atoms with Gasteiger partial charge in [0, 0.05) is 12.8 Å². The number of hydrogen-bond acceptors (Lipinski definition) is 5. The molecule has 2 unspecified atom stereocenters.